The van der Waals surface area contributed by atoms with Crippen LogP contribution in [0.5, 0.6) is 0 Å². The molecule has 1 amide bonds. The molecule has 0 fully saturated rings. The predicted octanol–water partition coefficient (Wildman–Crippen LogP) is 0.241. The lowest BCUT2D eigenvalue weighted by Gasteiger charge is -2.00. The van der Waals surface area contributed by atoms with E-state index in [0.29, 0.717) is 6.42 Å². The lowest BCUT2D eigenvalue weighted by molar-refractivity contribution is -0.117. The van der Waals surface area contributed by atoms with Crippen LogP contribution in [-0.2, 0) is 22.4 Å². The van der Waals surface area contributed by atoms with Crippen molar-refractivity contribution in [2.45, 2.75) is 19.8 Å². The molecule has 4 nitrogen and oxygen atoms in total. The second-order valence-corrected chi connectivity index (χ2v) is 3.22. The molecule has 0 radical (unpaired) electrons. The number of pyridine rings is 1. The van der Waals surface area contributed by atoms with Gasteiger partial charge in [0.1, 0.15) is 5.78 Å². The van der Waals surface area contributed by atoms with Gasteiger partial charge in [0.05, 0.1) is 6.42 Å². The number of nitrogens with two attached hydrogens (primary N) is 1. The molecule has 74 valence electrons. The zero-order valence-corrected chi connectivity index (χ0v) is 7.99. The number of Topliss-reactive ketones (excluding diaryl/α,β-unsaturated/α-hetero) is 1. The second-order valence-electron chi connectivity index (χ2n) is 3.22. The Kier molecular flexibility index (Phi) is 3.34. The van der Waals surface area contributed by atoms with Gasteiger partial charge in [0.15, 0.2) is 0 Å². The molecule has 1 aromatic rings. The molecule has 1 heterocycles. The van der Waals surface area contributed by atoms with Crippen molar-refractivity contribution in [3.63, 3.8) is 0 Å². The number of hydrogen-bond acceptors (Lipinski definition) is 3. The van der Waals surface area contributed by atoms with Crippen molar-refractivity contribution in [2.75, 3.05) is 0 Å². The van der Waals surface area contributed by atoms with Gasteiger partial charge in [-0.3, -0.25) is 14.6 Å². The third kappa shape index (κ3) is 3.35. The van der Waals surface area contributed by atoms with Crippen LogP contribution in [0, 0.1) is 0 Å². The van der Waals surface area contributed by atoms with Crippen molar-refractivity contribution >= 4 is 11.7 Å². The summed E-state index contributed by atoms with van der Waals surface area (Å²) in [5.74, 6) is -0.324. The van der Waals surface area contributed by atoms with Crippen LogP contribution in [0.15, 0.2) is 18.5 Å². The molecule has 2 N–H and O–H groups in total. The van der Waals surface area contributed by atoms with Gasteiger partial charge >= 0.3 is 0 Å². The third-order valence-electron chi connectivity index (χ3n) is 1.68. The summed E-state index contributed by atoms with van der Waals surface area (Å²) in [6.45, 7) is 1.51. The van der Waals surface area contributed by atoms with Crippen molar-refractivity contribution in [1.29, 1.82) is 0 Å². The molecular weight excluding hydrogens is 180 g/mol. The Balaban J connectivity index is 2.78. The molecule has 0 unspecified atom stereocenters. The van der Waals surface area contributed by atoms with Crippen LogP contribution >= 0.6 is 0 Å². The molecule has 0 aliphatic rings. The number of rotatable bonds is 4. The van der Waals surface area contributed by atoms with E-state index in [9.17, 15) is 9.59 Å². The highest BCUT2D eigenvalue weighted by molar-refractivity contribution is 5.78. The van der Waals surface area contributed by atoms with E-state index < -0.39 is 5.91 Å². The number of amides is 1. The van der Waals surface area contributed by atoms with Crippen LogP contribution in [-0.4, -0.2) is 16.7 Å². The highest BCUT2D eigenvalue weighted by Crippen LogP contribution is 2.04. The molecule has 1 rings (SSSR count). The average Bonchev–Trinajstić information content (AvgIpc) is 2.01. The Labute approximate surface area is 82.1 Å². The predicted molar refractivity (Wildman–Crippen MR) is 51.5 cm³/mol. The lowest BCUT2D eigenvalue weighted by Crippen LogP contribution is -2.14. The summed E-state index contributed by atoms with van der Waals surface area (Å²) in [5.41, 5.74) is 6.60. The van der Waals surface area contributed by atoms with Gasteiger partial charge in [-0.05, 0) is 18.1 Å². The van der Waals surface area contributed by atoms with Crippen LogP contribution in [0.4, 0.5) is 0 Å². The molecule has 1 aromatic heterocycles. The standard InChI is InChI=1S/C10H12N2O2/c1-7(13)2-8-3-9(4-10(11)14)6-12-5-8/h3,5-6H,2,4H2,1H3,(H2,11,14). The molecule has 0 saturated heterocycles. The number of primary amides is 1. The molecule has 0 bridgehead atoms. The maximum Gasteiger partial charge on any atom is 0.221 e. The van der Waals surface area contributed by atoms with Crippen molar-refractivity contribution in [3.05, 3.63) is 29.6 Å². The Morgan fingerprint density at radius 3 is 2.36 bits per heavy atom. The Bertz CT molecular complexity index is 330. The van der Waals surface area contributed by atoms with Gasteiger partial charge in [0.2, 0.25) is 5.91 Å². The average molecular weight is 192 g/mol. The molecule has 4 heteroatoms. The molecule has 0 aromatic carbocycles. The second kappa shape index (κ2) is 4.50. The van der Waals surface area contributed by atoms with Gasteiger partial charge < -0.3 is 5.73 Å². The van der Waals surface area contributed by atoms with Crippen molar-refractivity contribution in [3.8, 4) is 0 Å². The van der Waals surface area contributed by atoms with Gasteiger partial charge in [0.25, 0.3) is 0 Å². The summed E-state index contributed by atoms with van der Waals surface area (Å²) in [6, 6.07) is 1.78. The van der Waals surface area contributed by atoms with Crippen molar-refractivity contribution in [1.82, 2.24) is 4.98 Å². The number of hydrogen-bond donors (Lipinski definition) is 1. The minimum atomic E-state index is -0.397. The van der Waals surface area contributed by atoms with E-state index >= 15 is 0 Å². The highest BCUT2D eigenvalue weighted by atomic mass is 16.1. The van der Waals surface area contributed by atoms with E-state index in [1.165, 1.54) is 6.92 Å². The molecule has 0 atom stereocenters. The number of carbonyl (C=O) groups is 2. The first kappa shape index (κ1) is 10.4. The summed E-state index contributed by atoms with van der Waals surface area (Å²) < 4.78 is 0. The SMILES string of the molecule is CC(=O)Cc1cncc(CC(N)=O)c1. The monoisotopic (exact) mass is 192 g/mol. The number of carbonyl (C=O) groups excluding carboxylic acids is 2. The van der Waals surface area contributed by atoms with Crippen LogP contribution in [0.25, 0.3) is 0 Å². The first-order valence-electron chi connectivity index (χ1n) is 4.28. The van der Waals surface area contributed by atoms with Gasteiger partial charge in [0, 0.05) is 18.8 Å². The highest BCUT2D eigenvalue weighted by Gasteiger charge is 2.02. The van der Waals surface area contributed by atoms with E-state index in [1.54, 1.807) is 18.5 Å². The van der Waals surface area contributed by atoms with Gasteiger partial charge in [-0.1, -0.05) is 6.07 Å². The lowest BCUT2D eigenvalue weighted by atomic mass is 10.1. The quantitative estimate of drug-likeness (QED) is 0.742. The van der Waals surface area contributed by atoms with E-state index in [-0.39, 0.29) is 12.2 Å². The van der Waals surface area contributed by atoms with Crippen molar-refractivity contribution in [2.24, 2.45) is 5.73 Å². The fourth-order valence-corrected chi connectivity index (χ4v) is 1.22. The zero-order chi connectivity index (χ0) is 10.6. The van der Waals surface area contributed by atoms with Crippen LogP contribution in [0.2, 0.25) is 0 Å². The van der Waals surface area contributed by atoms with Crippen LogP contribution < -0.4 is 5.73 Å². The van der Waals surface area contributed by atoms with Crippen molar-refractivity contribution < 1.29 is 9.59 Å². The first-order valence-corrected chi connectivity index (χ1v) is 4.28. The maximum absolute atomic E-state index is 10.8. The Morgan fingerprint density at radius 2 is 1.86 bits per heavy atom. The number of ketones is 1. The summed E-state index contributed by atoms with van der Waals surface area (Å²) in [5, 5.41) is 0. The summed E-state index contributed by atoms with van der Waals surface area (Å²) >= 11 is 0. The summed E-state index contributed by atoms with van der Waals surface area (Å²) in [7, 11) is 0. The minimum Gasteiger partial charge on any atom is -0.369 e. The number of nitrogens with zero attached hydrogens (tertiary/aromatic N) is 1. The molecular formula is C10H12N2O2. The molecule has 0 aliphatic heterocycles. The van der Waals surface area contributed by atoms with Gasteiger partial charge in [-0.15, -0.1) is 0 Å². The number of aromatic nitrogens is 1. The fraction of sp³-hybridized carbons (Fsp3) is 0.300. The summed E-state index contributed by atoms with van der Waals surface area (Å²) in [6.07, 6.45) is 3.71. The zero-order valence-electron chi connectivity index (χ0n) is 7.99. The molecule has 14 heavy (non-hydrogen) atoms. The van der Waals surface area contributed by atoms with Gasteiger partial charge in [-0.25, -0.2) is 0 Å². The van der Waals surface area contributed by atoms with E-state index in [4.69, 9.17) is 5.73 Å². The van der Waals surface area contributed by atoms with E-state index in [1.807, 2.05) is 0 Å². The van der Waals surface area contributed by atoms with E-state index in [2.05, 4.69) is 4.98 Å². The maximum atomic E-state index is 10.8. The smallest absolute Gasteiger partial charge is 0.221 e. The Morgan fingerprint density at radius 1 is 1.29 bits per heavy atom. The van der Waals surface area contributed by atoms with Gasteiger partial charge in [-0.2, -0.15) is 0 Å². The molecule has 0 saturated carbocycles. The molecule has 0 spiro atoms. The van der Waals surface area contributed by atoms with E-state index in [0.717, 1.165) is 11.1 Å². The van der Waals surface area contributed by atoms with Crippen LogP contribution in [0.1, 0.15) is 18.1 Å². The summed E-state index contributed by atoms with van der Waals surface area (Å²) in [4.78, 5) is 25.4. The fourth-order valence-electron chi connectivity index (χ4n) is 1.22. The third-order valence-corrected chi connectivity index (χ3v) is 1.68. The molecule has 0 aliphatic carbocycles. The normalized spacial score (nSPS) is 9.79. The topological polar surface area (TPSA) is 73.1 Å². The Hall–Kier alpha value is -1.71. The van der Waals surface area contributed by atoms with Crippen LogP contribution in [0.3, 0.4) is 0 Å². The largest absolute Gasteiger partial charge is 0.369 e. The first-order chi connectivity index (χ1) is 6.58. The minimum absolute atomic E-state index is 0.0722.